The second-order valence-corrected chi connectivity index (χ2v) is 6.42. The SMILES string of the molecule is O=C(NC1CCNCC1)C1CC(=O)N(C2CCCC2)C1. The standard InChI is InChI=1S/C15H25N3O2/c19-14-9-11(10-18(14)13-3-1-2-4-13)15(20)17-12-5-7-16-8-6-12/h11-13,16H,1-10H2,(H,17,20). The van der Waals surface area contributed by atoms with Crippen LogP contribution >= 0.6 is 0 Å². The highest BCUT2D eigenvalue weighted by molar-refractivity contribution is 5.89. The molecular weight excluding hydrogens is 254 g/mol. The summed E-state index contributed by atoms with van der Waals surface area (Å²) in [5, 5.41) is 6.43. The van der Waals surface area contributed by atoms with Gasteiger partial charge in [-0.1, -0.05) is 12.8 Å². The zero-order valence-electron chi connectivity index (χ0n) is 12.1. The van der Waals surface area contributed by atoms with Gasteiger partial charge in [0.15, 0.2) is 0 Å². The Labute approximate surface area is 120 Å². The van der Waals surface area contributed by atoms with E-state index in [1.54, 1.807) is 0 Å². The van der Waals surface area contributed by atoms with Crippen LogP contribution in [-0.2, 0) is 9.59 Å². The summed E-state index contributed by atoms with van der Waals surface area (Å²) in [5.41, 5.74) is 0. The molecule has 0 aromatic carbocycles. The van der Waals surface area contributed by atoms with Gasteiger partial charge in [0, 0.05) is 25.0 Å². The van der Waals surface area contributed by atoms with Crippen LogP contribution in [0.5, 0.6) is 0 Å². The van der Waals surface area contributed by atoms with Crippen LogP contribution in [-0.4, -0.2) is 48.4 Å². The van der Waals surface area contributed by atoms with Crippen LogP contribution in [0.25, 0.3) is 0 Å². The van der Waals surface area contributed by atoms with Gasteiger partial charge in [0.2, 0.25) is 11.8 Å². The molecule has 0 radical (unpaired) electrons. The molecule has 2 N–H and O–H groups in total. The number of nitrogens with zero attached hydrogens (tertiary/aromatic N) is 1. The van der Waals surface area contributed by atoms with Crippen LogP contribution in [0.15, 0.2) is 0 Å². The number of rotatable bonds is 3. The minimum absolute atomic E-state index is 0.0887. The predicted octanol–water partition coefficient (Wildman–Crippen LogP) is 0.646. The molecule has 0 spiro atoms. The Balaban J connectivity index is 1.52. The minimum atomic E-state index is -0.127. The number of piperidine rings is 1. The Kier molecular flexibility index (Phi) is 4.24. The van der Waals surface area contributed by atoms with Crippen molar-refractivity contribution in [2.45, 2.75) is 57.0 Å². The summed E-state index contributed by atoms with van der Waals surface area (Å²) in [6.07, 6.45) is 7.09. The first-order valence-electron chi connectivity index (χ1n) is 8.04. The molecular formula is C15H25N3O2. The van der Waals surface area contributed by atoms with Gasteiger partial charge in [-0.15, -0.1) is 0 Å². The maximum Gasteiger partial charge on any atom is 0.225 e. The van der Waals surface area contributed by atoms with E-state index in [0.29, 0.717) is 25.0 Å². The van der Waals surface area contributed by atoms with E-state index >= 15 is 0 Å². The molecule has 5 heteroatoms. The van der Waals surface area contributed by atoms with Crippen molar-refractivity contribution in [3.8, 4) is 0 Å². The van der Waals surface area contributed by atoms with Crippen LogP contribution in [0.2, 0.25) is 0 Å². The molecule has 2 amide bonds. The van der Waals surface area contributed by atoms with Gasteiger partial charge in [-0.3, -0.25) is 9.59 Å². The molecule has 0 aromatic rings. The molecule has 5 nitrogen and oxygen atoms in total. The monoisotopic (exact) mass is 279 g/mol. The fraction of sp³-hybridized carbons (Fsp3) is 0.867. The number of hydrogen-bond donors (Lipinski definition) is 2. The van der Waals surface area contributed by atoms with Crippen molar-refractivity contribution in [2.75, 3.05) is 19.6 Å². The van der Waals surface area contributed by atoms with Crippen LogP contribution in [0.4, 0.5) is 0 Å². The molecule has 3 aliphatic rings. The molecule has 2 heterocycles. The molecule has 0 bridgehead atoms. The molecule has 1 unspecified atom stereocenters. The number of carbonyl (C=O) groups excluding carboxylic acids is 2. The van der Waals surface area contributed by atoms with Crippen LogP contribution in [0.1, 0.15) is 44.9 Å². The lowest BCUT2D eigenvalue weighted by Crippen LogP contribution is -2.45. The first-order chi connectivity index (χ1) is 9.74. The molecule has 1 atom stereocenters. The van der Waals surface area contributed by atoms with Gasteiger partial charge in [0.25, 0.3) is 0 Å². The highest BCUT2D eigenvalue weighted by atomic mass is 16.2. The van der Waals surface area contributed by atoms with Gasteiger partial charge >= 0.3 is 0 Å². The van der Waals surface area contributed by atoms with Gasteiger partial charge in [-0.2, -0.15) is 0 Å². The summed E-state index contributed by atoms with van der Waals surface area (Å²) < 4.78 is 0. The number of likely N-dealkylation sites (tertiary alicyclic amines) is 1. The first-order valence-corrected chi connectivity index (χ1v) is 8.04. The summed E-state index contributed by atoms with van der Waals surface area (Å²) >= 11 is 0. The molecule has 112 valence electrons. The fourth-order valence-corrected chi connectivity index (χ4v) is 3.76. The predicted molar refractivity (Wildman–Crippen MR) is 76.1 cm³/mol. The van der Waals surface area contributed by atoms with Gasteiger partial charge in [0.1, 0.15) is 0 Å². The summed E-state index contributed by atoms with van der Waals surface area (Å²) in [6, 6.07) is 0.693. The molecule has 1 saturated carbocycles. The summed E-state index contributed by atoms with van der Waals surface area (Å²) in [5.74, 6) is 0.145. The maximum absolute atomic E-state index is 12.3. The summed E-state index contributed by atoms with van der Waals surface area (Å²) in [6.45, 7) is 2.59. The average molecular weight is 279 g/mol. The normalized spacial score (nSPS) is 29.1. The van der Waals surface area contributed by atoms with Crippen molar-refractivity contribution < 1.29 is 9.59 Å². The lowest BCUT2D eigenvalue weighted by molar-refractivity contribution is -0.130. The first kappa shape index (κ1) is 13.9. The number of amides is 2. The lowest BCUT2D eigenvalue weighted by atomic mass is 10.0. The van der Waals surface area contributed by atoms with Crippen molar-refractivity contribution in [1.29, 1.82) is 0 Å². The quantitative estimate of drug-likeness (QED) is 0.797. The molecule has 1 aliphatic carbocycles. The summed E-state index contributed by atoms with van der Waals surface area (Å²) in [4.78, 5) is 26.4. The van der Waals surface area contributed by atoms with E-state index in [1.165, 1.54) is 12.8 Å². The molecule has 2 saturated heterocycles. The average Bonchev–Trinajstić information content (AvgIpc) is 3.08. The molecule has 3 fully saturated rings. The molecule has 20 heavy (non-hydrogen) atoms. The molecule has 2 aliphatic heterocycles. The van der Waals surface area contributed by atoms with Gasteiger partial charge in [-0.05, 0) is 38.8 Å². The topological polar surface area (TPSA) is 61.4 Å². The van der Waals surface area contributed by atoms with E-state index in [-0.39, 0.29) is 17.7 Å². The Bertz CT molecular complexity index is 373. The Morgan fingerprint density at radius 1 is 1.15 bits per heavy atom. The third kappa shape index (κ3) is 2.97. The zero-order chi connectivity index (χ0) is 13.9. The van der Waals surface area contributed by atoms with Gasteiger partial charge in [-0.25, -0.2) is 0 Å². The van der Waals surface area contributed by atoms with Gasteiger partial charge in [0.05, 0.1) is 5.92 Å². The third-order valence-corrected chi connectivity index (χ3v) is 4.98. The molecule has 3 rings (SSSR count). The second-order valence-electron chi connectivity index (χ2n) is 6.42. The largest absolute Gasteiger partial charge is 0.353 e. The number of hydrogen-bond acceptors (Lipinski definition) is 3. The Morgan fingerprint density at radius 3 is 2.55 bits per heavy atom. The highest BCUT2D eigenvalue weighted by Gasteiger charge is 2.39. The fourth-order valence-electron chi connectivity index (χ4n) is 3.76. The zero-order valence-corrected chi connectivity index (χ0v) is 12.1. The van der Waals surface area contributed by atoms with E-state index in [4.69, 9.17) is 0 Å². The van der Waals surface area contributed by atoms with Crippen LogP contribution in [0, 0.1) is 5.92 Å². The minimum Gasteiger partial charge on any atom is -0.353 e. The maximum atomic E-state index is 12.3. The number of nitrogens with one attached hydrogen (secondary N) is 2. The summed E-state index contributed by atoms with van der Waals surface area (Å²) in [7, 11) is 0. The lowest BCUT2D eigenvalue weighted by Gasteiger charge is -2.26. The third-order valence-electron chi connectivity index (χ3n) is 4.98. The second kappa shape index (κ2) is 6.12. The van der Waals surface area contributed by atoms with Gasteiger partial charge < -0.3 is 15.5 Å². The van der Waals surface area contributed by atoms with Crippen LogP contribution in [0.3, 0.4) is 0 Å². The van der Waals surface area contributed by atoms with Crippen molar-refractivity contribution in [3.63, 3.8) is 0 Å². The van der Waals surface area contributed by atoms with Crippen molar-refractivity contribution in [1.82, 2.24) is 15.5 Å². The smallest absolute Gasteiger partial charge is 0.225 e. The highest BCUT2D eigenvalue weighted by Crippen LogP contribution is 2.29. The van der Waals surface area contributed by atoms with E-state index in [1.807, 2.05) is 4.90 Å². The molecule has 0 aromatic heterocycles. The van der Waals surface area contributed by atoms with Crippen LogP contribution < -0.4 is 10.6 Å². The van der Waals surface area contributed by atoms with E-state index in [9.17, 15) is 9.59 Å². The number of carbonyl (C=O) groups is 2. The Hall–Kier alpha value is -1.10. The van der Waals surface area contributed by atoms with Crippen molar-refractivity contribution in [2.24, 2.45) is 5.92 Å². The van der Waals surface area contributed by atoms with E-state index in [0.717, 1.165) is 38.8 Å². The van der Waals surface area contributed by atoms with E-state index < -0.39 is 0 Å². The Morgan fingerprint density at radius 2 is 1.85 bits per heavy atom. The van der Waals surface area contributed by atoms with Crippen molar-refractivity contribution in [3.05, 3.63) is 0 Å². The van der Waals surface area contributed by atoms with Crippen molar-refractivity contribution >= 4 is 11.8 Å². The van der Waals surface area contributed by atoms with E-state index in [2.05, 4.69) is 10.6 Å².